The third kappa shape index (κ3) is 4.24. The second-order valence-corrected chi connectivity index (χ2v) is 6.20. The van der Waals surface area contributed by atoms with Crippen LogP contribution < -0.4 is 5.32 Å². The Kier molecular flexibility index (Phi) is 5.02. The number of nitrogens with one attached hydrogen (secondary N) is 1. The molecular weight excluding hydrogens is 304 g/mol. The van der Waals surface area contributed by atoms with Crippen LogP contribution in [0.1, 0.15) is 11.4 Å². The number of halogens is 2. The summed E-state index contributed by atoms with van der Waals surface area (Å²) in [5.74, 6) is -1.48. The van der Waals surface area contributed by atoms with Crippen molar-refractivity contribution in [3.05, 3.63) is 34.8 Å². The van der Waals surface area contributed by atoms with Crippen LogP contribution in [0, 0.1) is 18.6 Å². The minimum atomic E-state index is -0.885. The summed E-state index contributed by atoms with van der Waals surface area (Å²) in [4.78, 5) is 12.2. The lowest BCUT2D eigenvalue weighted by molar-refractivity contribution is -0.115. The fourth-order valence-corrected chi connectivity index (χ4v) is 2.84. The highest BCUT2D eigenvalue weighted by Gasteiger charge is 2.07. The van der Waals surface area contributed by atoms with Gasteiger partial charge in [-0.05, 0) is 25.1 Å². The van der Waals surface area contributed by atoms with E-state index in [2.05, 4.69) is 15.5 Å². The van der Waals surface area contributed by atoms with Crippen molar-refractivity contribution in [3.63, 3.8) is 0 Å². The topological polar surface area (TPSA) is 54.9 Å². The van der Waals surface area contributed by atoms with E-state index in [0.29, 0.717) is 15.8 Å². The number of rotatable bonds is 5. The van der Waals surface area contributed by atoms with Crippen molar-refractivity contribution in [1.29, 1.82) is 0 Å². The Hall–Kier alpha value is -1.54. The highest BCUT2D eigenvalue weighted by Crippen LogP contribution is 2.21. The van der Waals surface area contributed by atoms with Gasteiger partial charge in [0.1, 0.15) is 5.01 Å². The molecule has 106 valence electrons. The number of anilines is 1. The van der Waals surface area contributed by atoms with Crippen LogP contribution in [0.4, 0.5) is 13.9 Å². The van der Waals surface area contributed by atoms with Crippen molar-refractivity contribution in [2.45, 2.75) is 18.2 Å². The number of carbonyl (C=O) groups excluding carboxylic acids is 1. The van der Waals surface area contributed by atoms with Gasteiger partial charge in [-0.3, -0.25) is 4.79 Å². The number of thioether (sulfide) groups is 1. The summed E-state index contributed by atoms with van der Waals surface area (Å²) in [5.41, 5.74) is 0. The van der Waals surface area contributed by atoms with E-state index < -0.39 is 11.6 Å². The van der Waals surface area contributed by atoms with E-state index in [9.17, 15) is 13.6 Å². The smallest absolute Gasteiger partial charge is 0.227 e. The molecule has 0 spiro atoms. The Balaban J connectivity index is 1.77. The zero-order valence-corrected chi connectivity index (χ0v) is 12.2. The highest BCUT2D eigenvalue weighted by molar-refractivity contribution is 7.99. The molecule has 0 bridgehead atoms. The molecule has 2 rings (SSSR count). The van der Waals surface area contributed by atoms with Gasteiger partial charge in [0, 0.05) is 17.1 Å². The van der Waals surface area contributed by atoms with Gasteiger partial charge in [-0.15, -0.1) is 22.0 Å². The number of carbonyl (C=O) groups is 1. The number of aromatic nitrogens is 2. The Morgan fingerprint density at radius 1 is 1.35 bits per heavy atom. The van der Waals surface area contributed by atoms with Gasteiger partial charge in [-0.1, -0.05) is 11.3 Å². The van der Waals surface area contributed by atoms with Crippen molar-refractivity contribution in [1.82, 2.24) is 10.2 Å². The molecule has 0 saturated heterocycles. The van der Waals surface area contributed by atoms with Crippen molar-refractivity contribution in [2.24, 2.45) is 0 Å². The van der Waals surface area contributed by atoms with Gasteiger partial charge in [0.15, 0.2) is 11.6 Å². The van der Waals surface area contributed by atoms with Crippen LogP contribution >= 0.6 is 23.1 Å². The van der Waals surface area contributed by atoms with Crippen molar-refractivity contribution in [3.8, 4) is 0 Å². The first kappa shape index (κ1) is 14.9. The van der Waals surface area contributed by atoms with Crippen LogP contribution in [0.5, 0.6) is 0 Å². The van der Waals surface area contributed by atoms with Gasteiger partial charge in [0.2, 0.25) is 11.0 Å². The first-order chi connectivity index (χ1) is 9.54. The van der Waals surface area contributed by atoms with Gasteiger partial charge in [-0.2, -0.15) is 0 Å². The molecule has 4 nitrogen and oxygen atoms in total. The van der Waals surface area contributed by atoms with Crippen molar-refractivity contribution >= 4 is 34.1 Å². The molecule has 0 fully saturated rings. The first-order valence-electron chi connectivity index (χ1n) is 5.72. The van der Waals surface area contributed by atoms with Crippen molar-refractivity contribution < 1.29 is 13.6 Å². The van der Waals surface area contributed by atoms with E-state index in [-0.39, 0.29) is 12.3 Å². The fourth-order valence-electron chi connectivity index (χ4n) is 1.36. The lowest BCUT2D eigenvalue weighted by atomic mass is 10.3. The predicted octanol–water partition coefficient (Wildman–Crippen LogP) is 3.25. The van der Waals surface area contributed by atoms with Gasteiger partial charge >= 0.3 is 0 Å². The zero-order valence-electron chi connectivity index (χ0n) is 10.5. The maximum atomic E-state index is 13.0. The molecule has 8 heteroatoms. The van der Waals surface area contributed by atoms with E-state index in [1.807, 2.05) is 0 Å². The number of aryl methyl sites for hydroxylation is 1. The second kappa shape index (κ2) is 6.76. The molecule has 1 aromatic carbocycles. The standard InChI is InChI=1S/C12H11F2N3OS2/c1-7-16-17-12(20-7)15-11(18)4-5-19-8-2-3-9(13)10(14)6-8/h2-3,6H,4-5H2,1H3,(H,15,17,18). The Labute approximate surface area is 122 Å². The summed E-state index contributed by atoms with van der Waals surface area (Å²) in [7, 11) is 0. The number of hydrogen-bond acceptors (Lipinski definition) is 5. The normalized spacial score (nSPS) is 10.6. The van der Waals surface area contributed by atoms with Crippen LogP contribution in [0.25, 0.3) is 0 Å². The van der Waals surface area contributed by atoms with E-state index in [1.165, 1.54) is 29.2 Å². The Bertz CT molecular complexity index is 618. The Morgan fingerprint density at radius 3 is 2.80 bits per heavy atom. The minimum absolute atomic E-state index is 0.184. The largest absolute Gasteiger partial charge is 0.301 e. The number of hydrogen-bond donors (Lipinski definition) is 1. The molecular formula is C12H11F2N3OS2. The molecule has 0 aliphatic heterocycles. The lowest BCUT2D eigenvalue weighted by Crippen LogP contribution is -2.11. The average Bonchev–Trinajstić information content (AvgIpc) is 2.79. The van der Waals surface area contributed by atoms with Crippen LogP contribution in [0.2, 0.25) is 0 Å². The molecule has 1 heterocycles. The molecule has 1 amide bonds. The Morgan fingerprint density at radius 2 is 2.15 bits per heavy atom. The van der Waals surface area contributed by atoms with E-state index >= 15 is 0 Å². The summed E-state index contributed by atoms with van der Waals surface area (Å²) in [6, 6.07) is 3.67. The highest BCUT2D eigenvalue weighted by atomic mass is 32.2. The van der Waals surface area contributed by atoms with Gasteiger partial charge in [-0.25, -0.2) is 8.78 Å². The third-order valence-electron chi connectivity index (χ3n) is 2.26. The van der Waals surface area contributed by atoms with Crippen molar-refractivity contribution in [2.75, 3.05) is 11.1 Å². The molecule has 1 N–H and O–H groups in total. The monoisotopic (exact) mass is 315 g/mol. The maximum absolute atomic E-state index is 13.0. The summed E-state index contributed by atoms with van der Waals surface area (Å²) < 4.78 is 25.7. The summed E-state index contributed by atoms with van der Waals surface area (Å²) in [6.07, 6.45) is 0.252. The quantitative estimate of drug-likeness (QED) is 0.861. The lowest BCUT2D eigenvalue weighted by Gasteiger charge is -2.02. The third-order valence-corrected chi connectivity index (χ3v) is 4.01. The van der Waals surface area contributed by atoms with E-state index in [1.54, 1.807) is 6.92 Å². The van der Waals surface area contributed by atoms with E-state index in [4.69, 9.17) is 0 Å². The summed E-state index contributed by atoms with van der Waals surface area (Å²) >= 11 is 2.58. The summed E-state index contributed by atoms with van der Waals surface area (Å²) in [5, 5.41) is 11.4. The van der Waals surface area contributed by atoms with E-state index in [0.717, 1.165) is 17.1 Å². The molecule has 0 saturated carbocycles. The minimum Gasteiger partial charge on any atom is -0.301 e. The van der Waals surface area contributed by atoms with Gasteiger partial charge in [0.05, 0.1) is 0 Å². The SMILES string of the molecule is Cc1nnc(NC(=O)CCSc2ccc(F)c(F)c2)s1. The summed E-state index contributed by atoms with van der Waals surface area (Å²) in [6.45, 7) is 1.80. The van der Waals surface area contributed by atoms with Gasteiger partial charge < -0.3 is 5.32 Å². The second-order valence-electron chi connectivity index (χ2n) is 3.85. The van der Waals surface area contributed by atoms with Gasteiger partial charge in [0.25, 0.3) is 0 Å². The molecule has 20 heavy (non-hydrogen) atoms. The molecule has 0 aliphatic rings. The van der Waals surface area contributed by atoms with Crippen LogP contribution in [-0.2, 0) is 4.79 Å². The van der Waals surface area contributed by atoms with Crippen LogP contribution in [0.3, 0.4) is 0 Å². The number of benzene rings is 1. The number of amides is 1. The molecule has 0 aliphatic carbocycles. The molecule has 1 aromatic heterocycles. The maximum Gasteiger partial charge on any atom is 0.227 e. The zero-order chi connectivity index (χ0) is 14.5. The fraction of sp³-hybridized carbons (Fsp3) is 0.250. The average molecular weight is 315 g/mol. The molecule has 2 aromatic rings. The van der Waals surface area contributed by atoms with Crippen LogP contribution in [-0.4, -0.2) is 21.9 Å². The number of nitrogens with zero attached hydrogens (tertiary/aromatic N) is 2. The predicted molar refractivity (Wildman–Crippen MR) is 75.0 cm³/mol. The molecule has 0 radical (unpaired) electrons. The molecule has 0 atom stereocenters. The molecule has 0 unspecified atom stereocenters. The van der Waals surface area contributed by atoms with Crippen LogP contribution in [0.15, 0.2) is 23.1 Å². The first-order valence-corrected chi connectivity index (χ1v) is 7.52.